The molecule has 2 aliphatic carbocycles. The smallest absolute Gasteiger partial charge is 0.407 e. The molecular formula is C27H32N2O5. The summed E-state index contributed by atoms with van der Waals surface area (Å²) in [4.78, 5) is 38.6. The number of amides is 2. The fraction of sp³-hybridized carbons (Fsp3) is 0.444. The standard InChI is InChI=1S/C27H32N2O5/c1-3-29(18(2)25(31)32)24(30)16-27(14-8-9-15-27)28-26(33)34-17-23-21-12-6-4-10-19(21)20-11-5-7-13-22(20)23/h4-7,10-13,18,23H,3,8-9,14-17H2,1-2H3,(H,28,33)(H,31,32). The monoisotopic (exact) mass is 464 g/mol. The van der Waals surface area contributed by atoms with E-state index in [-0.39, 0.29) is 24.9 Å². The molecule has 1 fully saturated rings. The minimum atomic E-state index is -1.04. The second-order valence-electron chi connectivity index (χ2n) is 9.31. The number of carboxylic acids is 1. The maximum absolute atomic E-state index is 13.0. The Labute approximate surface area is 200 Å². The van der Waals surface area contributed by atoms with E-state index in [0.717, 1.165) is 35.1 Å². The van der Waals surface area contributed by atoms with E-state index < -0.39 is 23.6 Å². The van der Waals surface area contributed by atoms with E-state index in [1.165, 1.54) is 11.8 Å². The molecule has 2 aliphatic rings. The van der Waals surface area contributed by atoms with Gasteiger partial charge in [0.15, 0.2) is 0 Å². The molecule has 1 unspecified atom stereocenters. The van der Waals surface area contributed by atoms with Crippen LogP contribution in [0.2, 0.25) is 0 Å². The summed E-state index contributed by atoms with van der Waals surface area (Å²) in [6, 6.07) is 15.4. The maximum atomic E-state index is 13.0. The summed E-state index contributed by atoms with van der Waals surface area (Å²) in [5.41, 5.74) is 3.91. The van der Waals surface area contributed by atoms with Gasteiger partial charge in [-0.05, 0) is 48.9 Å². The lowest BCUT2D eigenvalue weighted by Gasteiger charge is -2.33. The van der Waals surface area contributed by atoms with Gasteiger partial charge in [-0.1, -0.05) is 61.4 Å². The number of carboxylic acid groups (broad SMARTS) is 1. The first-order chi connectivity index (χ1) is 16.3. The van der Waals surface area contributed by atoms with E-state index >= 15 is 0 Å². The average Bonchev–Trinajstić information content (AvgIpc) is 3.40. The summed E-state index contributed by atoms with van der Waals surface area (Å²) < 4.78 is 5.71. The van der Waals surface area contributed by atoms with Crippen LogP contribution in [-0.4, -0.2) is 52.7 Å². The molecule has 1 saturated carbocycles. The molecule has 2 amide bonds. The Bertz CT molecular complexity index is 1030. The molecule has 34 heavy (non-hydrogen) atoms. The number of rotatable bonds is 8. The van der Waals surface area contributed by atoms with E-state index in [1.54, 1.807) is 6.92 Å². The number of aliphatic carboxylic acids is 1. The molecular weight excluding hydrogens is 432 g/mol. The van der Waals surface area contributed by atoms with Gasteiger partial charge in [0.25, 0.3) is 0 Å². The summed E-state index contributed by atoms with van der Waals surface area (Å²) in [6.07, 6.45) is 2.67. The largest absolute Gasteiger partial charge is 0.480 e. The van der Waals surface area contributed by atoms with Crippen molar-refractivity contribution in [2.75, 3.05) is 13.2 Å². The molecule has 4 rings (SSSR count). The Morgan fingerprint density at radius 3 is 2.15 bits per heavy atom. The minimum Gasteiger partial charge on any atom is -0.480 e. The molecule has 0 aromatic heterocycles. The third-order valence-electron chi connectivity index (χ3n) is 7.25. The number of ether oxygens (including phenoxy) is 1. The molecule has 7 nitrogen and oxygen atoms in total. The third kappa shape index (κ3) is 4.65. The lowest BCUT2D eigenvalue weighted by atomic mass is 9.92. The molecule has 1 atom stereocenters. The Balaban J connectivity index is 1.43. The predicted molar refractivity (Wildman–Crippen MR) is 129 cm³/mol. The minimum absolute atomic E-state index is 0.0358. The summed E-state index contributed by atoms with van der Waals surface area (Å²) >= 11 is 0. The topological polar surface area (TPSA) is 95.9 Å². The van der Waals surface area contributed by atoms with E-state index in [0.29, 0.717) is 19.4 Å². The lowest BCUT2D eigenvalue weighted by Crippen LogP contribution is -2.52. The van der Waals surface area contributed by atoms with Gasteiger partial charge >= 0.3 is 12.1 Å². The van der Waals surface area contributed by atoms with Crippen LogP contribution in [0.15, 0.2) is 48.5 Å². The number of alkyl carbamates (subject to hydrolysis) is 1. The van der Waals surface area contributed by atoms with Crippen molar-refractivity contribution in [1.82, 2.24) is 10.2 Å². The number of nitrogens with zero attached hydrogens (tertiary/aromatic N) is 1. The number of hydrogen-bond acceptors (Lipinski definition) is 4. The molecule has 0 bridgehead atoms. The van der Waals surface area contributed by atoms with Crippen LogP contribution in [0.1, 0.15) is 63.0 Å². The summed E-state index contributed by atoms with van der Waals surface area (Å²) in [6.45, 7) is 3.77. The van der Waals surface area contributed by atoms with Crippen LogP contribution in [0, 0.1) is 0 Å². The molecule has 0 heterocycles. The molecule has 2 aromatic rings. The number of fused-ring (bicyclic) bond motifs is 3. The van der Waals surface area contributed by atoms with Gasteiger partial charge in [-0.3, -0.25) is 4.79 Å². The highest BCUT2D eigenvalue weighted by atomic mass is 16.5. The van der Waals surface area contributed by atoms with Gasteiger partial charge < -0.3 is 20.1 Å². The fourth-order valence-electron chi connectivity index (χ4n) is 5.44. The maximum Gasteiger partial charge on any atom is 0.407 e. The van der Waals surface area contributed by atoms with Crippen molar-refractivity contribution in [3.05, 3.63) is 59.7 Å². The van der Waals surface area contributed by atoms with Crippen molar-refractivity contribution in [2.24, 2.45) is 0 Å². The van der Waals surface area contributed by atoms with Gasteiger partial charge in [0, 0.05) is 12.5 Å². The van der Waals surface area contributed by atoms with Gasteiger partial charge in [-0.2, -0.15) is 0 Å². The quantitative estimate of drug-likeness (QED) is 0.598. The van der Waals surface area contributed by atoms with Crippen molar-refractivity contribution in [1.29, 1.82) is 0 Å². The lowest BCUT2D eigenvalue weighted by molar-refractivity contribution is -0.149. The molecule has 2 aromatic carbocycles. The van der Waals surface area contributed by atoms with Crippen LogP contribution >= 0.6 is 0 Å². The zero-order valence-corrected chi connectivity index (χ0v) is 19.8. The van der Waals surface area contributed by atoms with Crippen LogP contribution in [0.3, 0.4) is 0 Å². The van der Waals surface area contributed by atoms with Gasteiger partial charge in [0.1, 0.15) is 12.6 Å². The van der Waals surface area contributed by atoms with Crippen LogP contribution in [0.4, 0.5) is 4.79 Å². The van der Waals surface area contributed by atoms with E-state index in [1.807, 2.05) is 24.3 Å². The molecule has 0 saturated heterocycles. The number of carbonyl (C=O) groups is 3. The first-order valence-electron chi connectivity index (χ1n) is 12.0. The Hall–Kier alpha value is -3.35. The highest BCUT2D eigenvalue weighted by Gasteiger charge is 2.40. The molecule has 0 radical (unpaired) electrons. The first-order valence-corrected chi connectivity index (χ1v) is 12.0. The van der Waals surface area contributed by atoms with E-state index in [9.17, 15) is 19.5 Å². The Kier molecular flexibility index (Phi) is 6.91. The second-order valence-corrected chi connectivity index (χ2v) is 9.31. The van der Waals surface area contributed by atoms with Crippen LogP contribution < -0.4 is 5.32 Å². The summed E-state index contributed by atoms with van der Waals surface area (Å²) in [5, 5.41) is 12.3. The van der Waals surface area contributed by atoms with Crippen molar-refractivity contribution in [3.63, 3.8) is 0 Å². The number of benzene rings is 2. The average molecular weight is 465 g/mol. The highest BCUT2D eigenvalue weighted by Crippen LogP contribution is 2.44. The molecule has 0 aliphatic heterocycles. The number of nitrogens with one attached hydrogen (secondary N) is 1. The van der Waals surface area contributed by atoms with Crippen LogP contribution in [0.5, 0.6) is 0 Å². The van der Waals surface area contributed by atoms with Crippen molar-refractivity contribution in [2.45, 2.75) is 63.5 Å². The highest BCUT2D eigenvalue weighted by molar-refractivity contribution is 5.84. The zero-order valence-electron chi connectivity index (χ0n) is 19.8. The van der Waals surface area contributed by atoms with Crippen molar-refractivity contribution >= 4 is 18.0 Å². The van der Waals surface area contributed by atoms with Crippen LogP contribution in [0.25, 0.3) is 11.1 Å². The summed E-state index contributed by atoms with van der Waals surface area (Å²) in [5.74, 6) is -1.34. The fourth-order valence-corrected chi connectivity index (χ4v) is 5.44. The third-order valence-corrected chi connectivity index (χ3v) is 7.25. The second kappa shape index (κ2) is 9.87. The van der Waals surface area contributed by atoms with Crippen molar-refractivity contribution < 1.29 is 24.2 Å². The number of likely N-dealkylation sites (N-methyl/N-ethyl adjacent to an activating group) is 1. The van der Waals surface area contributed by atoms with Crippen LogP contribution in [-0.2, 0) is 14.3 Å². The van der Waals surface area contributed by atoms with Gasteiger partial charge in [-0.25, -0.2) is 9.59 Å². The molecule has 0 spiro atoms. The van der Waals surface area contributed by atoms with Gasteiger partial charge in [-0.15, -0.1) is 0 Å². The normalized spacial score (nSPS) is 16.9. The Morgan fingerprint density at radius 2 is 1.62 bits per heavy atom. The molecule has 2 N–H and O–H groups in total. The van der Waals surface area contributed by atoms with Gasteiger partial charge in [0.2, 0.25) is 5.91 Å². The SMILES string of the molecule is CCN(C(=O)CC1(NC(=O)OCC2c3ccccc3-c3ccccc32)CCCC1)C(C)C(=O)O. The number of hydrogen-bond donors (Lipinski definition) is 2. The Morgan fingerprint density at radius 1 is 1.06 bits per heavy atom. The van der Waals surface area contributed by atoms with E-state index in [4.69, 9.17) is 4.74 Å². The summed E-state index contributed by atoms with van der Waals surface area (Å²) in [7, 11) is 0. The molecule has 7 heteroatoms. The van der Waals surface area contributed by atoms with E-state index in [2.05, 4.69) is 29.6 Å². The number of carbonyl (C=O) groups excluding carboxylic acids is 2. The zero-order chi connectivity index (χ0) is 24.3. The van der Waals surface area contributed by atoms with Gasteiger partial charge in [0.05, 0.1) is 12.0 Å². The van der Waals surface area contributed by atoms with Crippen molar-refractivity contribution in [3.8, 4) is 11.1 Å². The molecule has 180 valence electrons. The predicted octanol–water partition coefficient (Wildman–Crippen LogP) is 4.55. The first kappa shape index (κ1) is 23.8.